The molecule has 0 saturated heterocycles. The summed E-state index contributed by atoms with van der Waals surface area (Å²) in [5, 5.41) is 2.68. The van der Waals surface area contributed by atoms with Gasteiger partial charge in [-0.05, 0) is 54.6 Å². The standard InChI is InChI=1S/C20H12BrFN2O2/c21-13-7-10-16(22)15(11-13)19(25)23-14-8-5-12(6-9-14)20-24-17-3-1-2-4-18(17)26-20/h1-11H,(H,23,25). The number of halogens is 2. The lowest BCUT2D eigenvalue weighted by atomic mass is 10.1. The minimum Gasteiger partial charge on any atom is -0.436 e. The number of fused-ring (bicyclic) bond motifs is 1. The third-order valence-electron chi connectivity index (χ3n) is 3.86. The van der Waals surface area contributed by atoms with Crippen molar-refractivity contribution < 1.29 is 13.6 Å². The second-order valence-electron chi connectivity index (χ2n) is 5.64. The highest BCUT2D eigenvalue weighted by molar-refractivity contribution is 9.10. The van der Waals surface area contributed by atoms with Crippen LogP contribution in [0, 0.1) is 5.82 Å². The predicted molar refractivity (Wildman–Crippen MR) is 101 cm³/mol. The van der Waals surface area contributed by atoms with E-state index in [1.54, 1.807) is 30.3 Å². The molecular weight excluding hydrogens is 399 g/mol. The maximum absolute atomic E-state index is 13.8. The van der Waals surface area contributed by atoms with E-state index in [0.717, 1.165) is 11.1 Å². The van der Waals surface area contributed by atoms with Crippen molar-refractivity contribution in [1.82, 2.24) is 4.98 Å². The molecule has 0 radical (unpaired) electrons. The van der Waals surface area contributed by atoms with Gasteiger partial charge in [-0.2, -0.15) is 0 Å². The van der Waals surface area contributed by atoms with E-state index in [2.05, 4.69) is 26.2 Å². The fraction of sp³-hybridized carbons (Fsp3) is 0. The zero-order chi connectivity index (χ0) is 18.1. The van der Waals surface area contributed by atoms with Crippen molar-refractivity contribution in [1.29, 1.82) is 0 Å². The average molecular weight is 411 g/mol. The van der Waals surface area contributed by atoms with E-state index >= 15 is 0 Å². The van der Waals surface area contributed by atoms with Crippen molar-refractivity contribution in [2.45, 2.75) is 0 Å². The number of amides is 1. The Labute approximate surface area is 156 Å². The van der Waals surface area contributed by atoms with Gasteiger partial charge >= 0.3 is 0 Å². The summed E-state index contributed by atoms with van der Waals surface area (Å²) in [6, 6.07) is 18.8. The molecule has 0 aliphatic rings. The quantitative estimate of drug-likeness (QED) is 0.474. The molecule has 0 spiro atoms. The normalized spacial score (nSPS) is 10.8. The summed E-state index contributed by atoms with van der Waals surface area (Å²) in [7, 11) is 0. The zero-order valence-electron chi connectivity index (χ0n) is 13.4. The molecule has 4 rings (SSSR count). The predicted octanol–water partition coefficient (Wildman–Crippen LogP) is 5.65. The van der Waals surface area contributed by atoms with Gasteiger partial charge in [0, 0.05) is 15.7 Å². The van der Waals surface area contributed by atoms with Gasteiger partial charge in [-0.15, -0.1) is 0 Å². The Morgan fingerprint density at radius 2 is 1.81 bits per heavy atom. The fourth-order valence-electron chi connectivity index (χ4n) is 2.56. The van der Waals surface area contributed by atoms with Crippen LogP contribution in [0.1, 0.15) is 10.4 Å². The summed E-state index contributed by atoms with van der Waals surface area (Å²) < 4.78 is 20.2. The number of para-hydroxylation sites is 2. The number of nitrogens with zero attached hydrogens (tertiary/aromatic N) is 1. The SMILES string of the molecule is O=C(Nc1ccc(-c2nc3ccccc3o2)cc1)c1cc(Br)ccc1F. The van der Waals surface area contributed by atoms with Crippen LogP contribution in [-0.2, 0) is 0 Å². The van der Waals surface area contributed by atoms with E-state index in [9.17, 15) is 9.18 Å². The number of benzene rings is 3. The van der Waals surface area contributed by atoms with E-state index in [1.165, 1.54) is 12.1 Å². The third kappa shape index (κ3) is 3.23. The summed E-state index contributed by atoms with van der Waals surface area (Å²) in [6.45, 7) is 0. The zero-order valence-corrected chi connectivity index (χ0v) is 15.0. The fourth-order valence-corrected chi connectivity index (χ4v) is 2.92. The van der Waals surface area contributed by atoms with E-state index in [0.29, 0.717) is 21.6 Å². The Hall–Kier alpha value is -2.99. The van der Waals surface area contributed by atoms with Gasteiger partial charge in [-0.3, -0.25) is 4.79 Å². The first-order valence-electron chi connectivity index (χ1n) is 7.82. The van der Waals surface area contributed by atoms with Crippen LogP contribution in [0.5, 0.6) is 0 Å². The highest BCUT2D eigenvalue weighted by atomic mass is 79.9. The number of carbonyl (C=O) groups is 1. The molecule has 26 heavy (non-hydrogen) atoms. The molecule has 6 heteroatoms. The van der Waals surface area contributed by atoms with Crippen molar-refractivity contribution in [3.63, 3.8) is 0 Å². The molecule has 3 aromatic carbocycles. The number of oxazole rings is 1. The van der Waals surface area contributed by atoms with Crippen molar-refractivity contribution in [2.75, 3.05) is 5.32 Å². The topological polar surface area (TPSA) is 55.1 Å². The second kappa shape index (κ2) is 6.72. The Morgan fingerprint density at radius 1 is 1.04 bits per heavy atom. The van der Waals surface area contributed by atoms with Crippen molar-refractivity contribution in [3.05, 3.63) is 82.6 Å². The van der Waals surface area contributed by atoms with Gasteiger partial charge in [-0.25, -0.2) is 9.37 Å². The van der Waals surface area contributed by atoms with Gasteiger partial charge in [0.05, 0.1) is 5.56 Å². The Morgan fingerprint density at radius 3 is 2.58 bits per heavy atom. The first-order chi connectivity index (χ1) is 12.6. The highest BCUT2D eigenvalue weighted by Gasteiger charge is 2.13. The summed E-state index contributed by atoms with van der Waals surface area (Å²) in [5.41, 5.74) is 2.81. The van der Waals surface area contributed by atoms with Gasteiger partial charge in [-0.1, -0.05) is 28.1 Å². The average Bonchev–Trinajstić information content (AvgIpc) is 3.08. The second-order valence-corrected chi connectivity index (χ2v) is 6.56. The van der Waals surface area contributed by atoms with Crippen LogP contribution in [0.25, 0.3) is 22.6 Å². The van der Waals surface area contributed by atoms with Gasteiger partial charge in [0.15, 0.2) is 5.58 Å². The molecule has 0 bridgehead atoms. The molecule has 0 saturated carbocycles. The molecule has 1 N–H and O–H groups in total. The molecule has 0 fully saturated rings. The van der Waals surface area contributed by atoms with Crippen molar-refractivity contribution >= 4 is 38.6 Å². The number of carbonyl (C=O) groups excluding carboxylic acids is 1. The molecule has 0 aliphatic heterocycles. The van der Waals surface area contributed by atoms with Crippen LogP contribution in [0.15, 0.2) is 75.6 Å². The first-order valence-corrected chi connectivity index (χ1v) is 8.62. The van der Waals surface area contributed by atoms with Crippen LogP contribution in [-0.4, -0.2) is 10.9 Å². The summed E-state index contributed by atoms with van der Waals surface area (Å²) >= 11 is 3.24. The van der Waals surface area contributed by atoms with Crippen LogP contribution in [0.4, 0.5) is 10.1 Å². The lowest BCUT2D eigenvalue weighted by molar-refractivity contribution is 0.102. The first kappa shape index (κ1) is 16.5. The molecule has 0 aliphatic carbocycles. The van der Waals surface area contributed by atoms with Crippen LogP contribution in [0.2, 0.25) is 0 Å². The van der Waals surface area contributed by atoms with Gasteiger partial charge < -0.3 is 9.73 Å². The van der Waals surface area contributed by atoms with Crippen LogP contribution in [0.3, 0.4) is 0 Å². The van der Waals surface area contributed by atoms with Gasteiger partial charge in [0.25, 0.3) is 5.91 Å². The lowest BCUT2D eigenvalue weighted by Crippen LogP contribution is -2.13. The largest absolute Gasteiger partial charge is 0.436 e. The van der Waals surface area contributed by atoms with E-state index in [1.807, 2.05) is 24.3 Å². The third-order valence-corrected chi connectivity index (χ3v) is 4.35. The molecule has 4 aromatic rings. The maximum Gasteiger partial charge on any atom is 0.258 e. The van der Waals surface area contributed by atoms with Crippen molar-refractivity contribution in [3.8, 4) is 11.5 Å². The van der Waals surface area contributed by atoms with Gasteiger partial charge in [0.2, 0.25) is 5.89 Å². The number of hydrogen-bond acceptors (Lipinski definition) is 3. The smallest absolute Gasteiger partial charge is 0.258 e. The van der Waals surface area contributed by atoms with Gasteiger partial charge in [0.1, 0.15) is 11.3 Å². The number of anilines is 1. The Kier molecular flexibility index (Phi) is 4.26. The molecule has 128 valence electrons. The van der Waals surface area contributed by atoms with E-state index < -0.39 is 11.7 Å². The number of aromatic nitrogens is 1. The van der Waals surface area contributed by atoms with Crippen molar-refractivity contribution in [2.24, 2.45) is 0 Å². The van der Waals surface area contributed by atoms with Crippen LogP contribution >= 0.6 is 15.9 Å². The molecule has 1 heterocycles. The molecule has 0 unspecified atom stereocenters. The minimum atomic E-state index is -0.575. The Balaban J connectivity index is 1.56. The maximum atomic E-state index is 13.8. The molecule has 1 amide bonds. The number of nitrogens with one attached hydrogen (secondary N) is 1. The Bertz CT molecular complexity index is 1070. The monoisotopic (exact) mass is 410 g/mol. The summed E-state index contributed by atoms with van der Waals surface area (Å²) in [4.78, 5) is 16.7. The van der Waals surface area contributed by atoms with E-state index in [4.69, 9.17) is 4.42 Å². The highest BCUT2D eigenvalue weighted by Crippen LogP contribution is 2.25. The molecule has 4 nitrogen and oxygen atoms in total. The lowest BCUT2D eigenvalue weighted by Gasteiger charge is -2.07. The summed E-state index contributed by atoms with van der Waals surface area (Å²) in [6.07, 6.45) is 0. The summed E-state index contributed by atoms with van der Waals surface area (Å²) in [5.74, 6) is -0.589. The molecule has 1 aromatic heterocycles. The van der Waals surface area contributed by atoms with E-state index in [-0.39, 0.29) is 5.56 Å². The number of rotatable bonds is 3. The van der Waals surface area contributed by atoms with Crippen LogP contribution < -0.4 is 5.32 Å². The molecule has 0 atom stereocenters. The number of hydrogen-bond donors (Lipinski definition) is 1. The molecular formula is C20H12BrFN2O2. The minimum absolute atomic E-state index is 0.0256.